The van der Waals surface area contributed by atoms with Crippen LogP contribution in [0.3, 0.4) is 0 Å². The summed E-state index contributed by atoms with van der Waals surface area (Å²) < 4.78 is 5.23. The van der Waals surface area contributed by atoms with E-state index in [0.717, 1.165) is 18.4 Å². The molecule has 0 saturated carbocycles. The van der Waals surface area contributed by atoms with Gasteiger partial charge in [-0.25, -0.2) is 4.79 Å². The van der Waals surface area contributed by atoms with Crippen molar-refractivity contribution >= 4 is 12.0 Å². The summed E-state index contributed by atoms with van der Waals surface area (Å²) in [6.45, 7) is 7.43. The minimum Gasteiger partial charge on any atom is -0.445 e. The third-order valence-electron chi connectivity index (χ3n) is 3.96. The fourth-order valence-corrected chi connectivity index (χ4v) is 2.63. The summed E-state index contributed by atoms with van der Waals surface area (Å²) in [7, 11) is 0. The van der Waals surface area contributed by atoms with E-state index in [9.17, 15) is 9.59 Å². The number of nitrogens with one attached hydrogen (secondary N) is 1. The van der Waals surface area contributed by atoms with Crippen molar-refractivity contribution < 1.29 is 14.3 Å². The number of alkyl carbamates (subject to hydrolysis) is 1. The molecule has 1 saturated heterocycles. The number of nitrogens with zero attached hydrogens (tertiary/aromatic N) is 1. The molecular formula is C18H26N2O3. The molecule has 1 aromatic carbocycles. The molecule has 0 radical (unpaired) electrons. The number of carbonyl (C=O) groups is 2. The number of carbonyl (C=O) groups excluding carboxylic acids is 2. The van der Waals surface area contributed by atoms with Crippen LogP contribution in [-0.2, 0) is 16.1 Å². The van der Waals surface area contributed by atoms with E-state index in [1.807, 2.05) is 56.0 Å². The molecule has 0 aromatic heterocycles. The molecule has 2 rings (SSSR count). The first-order valence-electron chi connectivity index (χ1n) is 8.13. The van der Waals surface area contributed by atoms with Gasteiger partial charge in [-0.05, 0) is 18.4 Å². The molecule has 1 heterocycles. The highest BCUT2D eigenvalue weighted by Crippen LogP contribution is 2.21. The molecule has 126 valence electrons. The maximum Gasteiger partial charge on any atom is 0.407 e. The van der Waals surface area contributed by atoms with Gasteiger partial charge in [0.1, 0.15) is 6.61 Å². The number of ether oxygens (including phenoxy) is 1. The molecule has 1 fully saturated rings. The number of hydrogen-bond donors (Lipinski definition) is 1. The first-order chi connectivity index (χ1) is 10.9. The Kier molecular flexibility index (Phi) is 5.64. The van der Waals surface area contributed by atoms with Crippen LogP contribution < -0.4 is 5.32 Å². The number of benzene rings is 1. The van der Waals surface area contributed by atoms with Crippen molar-refractivity contribution in [1.29, 1.82) is 0 Å². The lowest BCUT2D eigenvalue weighted by Crippen LogP contribution is -2.49. The molecule has 1 aromatic rings. The second-order valence-corrected chi connectivity index (χ2v) is 7.02. The predicted molar refractivity (Wildman–Crippen MR) is 88.8 cm³/mol. The third-order valence-corrected chi connectivity index (χ3v) is 3.96. The Hall–Kier alpha value is -2.04. The number of likely N-dealkylation sites (tertiary alicyclic amines) is 1. The van der Waals surface area contributed by atoms with Crippen molar-refractivity contribution in [2.24, 2.45) is 5.41 Å². The molecule has 2 amide bonds. The minimum absolute atomic E-state index is 0.0716. The van der Waals surface area contributed by atoms with E-state index in [-0.39, 0.29) is 24.0 Å². The highest BCUT2D eigenvalue weighted by atomic mass is 16.5. The minimum atomic E-state index is -0.394. The molecule has 0 aliphatic carbocycles. The molecule has 5 heteroatoms. The van der Waals surface area contributed by atoms with Crippen LogP contribution in [0.4, 0.5) is 4.79 Å². The van der Waals surface area contributed by atoms with Crippen LogP contribution in [-0.4, -0.2) is 36.0 Å². The third kappa shape index (κ3) is 5.27. The van der Waals surface area contributed by atoms with Crippen LogP contribution in [0.1, 0.15) is 39.2 Å². The Balaban J connectivity index is 1.72. The predicted octanol–water partition coefficient (Wildman–Crippen LogP) is 2.95. The number of hydrogen-bond acceptors (Lipinski definition) is 3. The highest BCUT2D eigenvalue weighted by Gasteiger charge is 2.30. The molecule has 0 bridgehead atoms. The standard InChI is InChI=1S/C18H26N2O3/c1-18(2,3)16(21)20-11-9-15(10-12-20)19-17(22)23-13-14-7-5-4-6-8-14/h4-8,15H,9-13H2,1-3H3,(H,19,22). The fourth-order valence-electron chi connectivity index (χ4n) is 2.63. The lowest BCUT2D eigenvalue weighted by Gasteiger charge is -2.35. The van der Waals surface area contributed by atoms with Crippen LogP contribution in [0, 0.1) is 5.41 Å². The topological polar surface area (TPSA) is 58.6 Å². The van der Waals surface area contributed by atoms with Gasteiger partial charge in [-0.15, -0.1) is 0 Å². The van der Waals surface area contributed by atoms with Crippen molar-refractivity contribution in [2.75, 3.05) is 13.1 Å². The number of piperidine rings is 1. The lowest BCUT2D eigenvalue weighted by atomic mass is 9.93. The van der Waals surface area contributed by atoms with E-state index in [0.29, 0.717) is 13.1 Å². The molecule has 1 aliphatic rings. The highest BCUT2D eigenvalue weighted by molar-refractivity contribution is 5.81. The summed E-state index contributed by atoms with van der Waals surface area (Å²) in [6, 6.07) is 9.67. The van der Waals surface area contributed by atoms with Gasteiger partial charge in [0.15, 0.2) is 0 Å². The van der Waals surface area contributed by atoms with Gasteiger partial charge in [0, 0.05) is 24.5 Å². The Bertz CT molecular complexity index is 529. The first kappa shape index (κ1) is 17.3. The normalized spacial score (nSPS) is 16.0. The number of amides is 2. The molecule has 0 spiro atoms. The van der Waals surface area contributed by atoms with E-state index in [1.165, 1.54) is 0 Å². The quantitative estimate of drug-likeness (QED) is 0.932. The summed E-state index contributed by atoms with van der Waals surface area (Å²) in [4.78, 5) is 25.9. The number of rotatable bonds is 3. The van der Waals surface area contributed by atoms with Crippen molar-refractivity contribution in [3.8, 4) is 0 Å². The molecule has 1 N–H and O–H groups in total. The zero-order chi connectivity index (χ0) is 16.9. The molecule has 0 unspecified atom stereocenters. The van der Waals surface area contributed by atoms with Gasteiger partial charge in [0.05, 0.1) is 0 Å². The van der Waals surface area contributed by atoms with E-state index >= 15 is 0 Å². The van der Waals surface area contributed by atoms with Gasteiger partial charge in [-0.2, -0.15) is 0 Å². The summed E-state index contributed by atoms with van der Waals surface area (Å²) in [5, 5.41) is 2.89. The van der Waals surface area contributed by atoms with E-state index in [4.69, 9.17) is 4.74 Å². The Morgan fingerprint density at radius 2 is 1.78 bits per heavy atom. The second-order valence-electron chi connectivity index (χ2n) is 7.02. The van der Waals surface area contributed by atoms with Gasteiger partial charge in [-0.3, -0.25) is 4.79 Å². The van der Waals surface area contributed by atoms with Gasteiger partial charge >= 0.3 is 6.09 Å². The maximum atomic E-state index is 12.2. The molecule has 1 aliphatic heterocycles. The van der Waals surface area contributed by atoms with E-state index in [1.54, 1.807) is 0 Å². The second kappa shape index (κ2) is 7.49. The molecule has 5 nitrogen and oxygen atoms in total. The van der Waals surface area contributed by atoms with Gasteiger partial charge in [-0.1, -0.05) is 51.1 Å². The van der Waals surface area contributed by atoms with Crippen LogP contribution in [0.5, 0.6) is 0 Å². The summed E-state index contributed by atoms with van der Waals surface area (Å²) in [5.41, 5.74) is 0.614. The maximum absolute atomic E-state index is 12.2. The van der Waals surface area contributed by atoms with Crippen molar-refractivity contribution in [1.82, 2.24) is 10.2 Å². The van der Waals surface area contributed by atoms with Crippen molar-refractivity contribution in [3.63, 3.8) is 0 Å². The average molecular weight is 318 g/mol. The fraction of sp³-hybridized carbons (Fsp3) is 0.556. The monoisotopic (exact) mass is 318 g/mol. The van der Waals surface area contributed by atoms with Crippen molar-refractivity contribution in [2.45, 2.75) is 46.3 Å². The van der Waals surface area contributed by atoms with Crippen LogP contribution in [0.2, 0.25) is 0 Å². The van der Waals surface area contributed by atoms with E-state index in [2.05, 4.69) is 5.32 Å². The van der Waals surface area contributed by atoms with Gasteiger partial charge in [0.25, 0.3) is 0 Å². The summed E-state index contributed by atoms with van der Waals surface area (Å²) >= 11 is 0. The Morgan fingerprint density at radius 1 is 1.17 bits per heavy atom. The Morgan fingerprint density at radius 3 is 2.35 bits per heavy atom. The average Bonchev–Trinajstić information content (AvgIpc) is 2.53. The zero-order valence-electron chi connectivity index (χ0n) is 14.2. The van der Waals surface area contributed by atoms with Crippen LogP contribution >= 0.6 is 0 Å². The molecule has 23 heavy (non-hydrogen) atoms. The SMILES string of the molecule is CC(C)(C)C(=O)N1CCC(NC(=O)OCc2ccccc2)CC1. The molecular weight excluding hydrogens is 292 g/mol. The van der Waals surface area contributed by atoms with Crippen LogP contribution in [0.15, 0.2) is 30.3 Å². The zero-order valence-corrected chi connectivity index (χ0v) is 14.2. The van der Waals surface area contributed by atoms with Crippen LogP contribution in [0.25, 0.3) is 0 Å². The van der Waals surface area contributed by atoms with Gasteiger partial charge in [0.2, 0.25) is 5.91 Å². The lowest BCUT2D eigenvalue weighted by molar-refractivity contribution is -0.140. The van der Waals surface area contributed by atoms with Gasteiger partial charge < -0.3 is 15.0 Å². The summed E-state index contributed by atoms with van der Waals surface area (Å²) in [6.07, 6.45) is 1.14. The largest absolute Gasteiger partial charge is 0.445 e. The smallest absolute Gasteiger partial charge is 0.407 e. The molecule has 0 atom stereocenters. The Labute approximate surface area is 138 Å². The van der Waals surface area contributed by atoms with Crippen molar-refractivity contribution in [3.05, 3.63) is 35.9 Å². The van der Waals surface area contributed by atoms with E-state index < -0.39 is 6.09 Å². The first-order valence-corrected chi connectivity index (χ1v) is 8.13. The summed E-state index contributed by atoms with van der Waals surface area (Å²) in [5.74, 6) is 0.169.